The first kappa shape index (κ1) is 16.3. The second kappa shape index (κ2) is 7.77. The Labute approximate surface area is 125 Å². The highest BCUT2D eigenvalue weighted by Gasteiger charge is 2.37. The maximum atomic E-state index is 6.15. The van der Waals surface area contributed by atoms with Crippen molar-refractivity contribution in [3.8, 4) is 0 Å². The molecule has 118 valence electrons. The first-order chi connectivity index (χ1) is 9.73. The average molecular weight is 282 g/mol. The number of nitrogens with zero attached hydrogens (tertiary/aromatic N) is 1. The molecule has 3 nitrogen and oxygen atoms in total. The van der Waals surface area contributed by atoms with E-state index in [1.165, 1.54) is 51.7 Å². The summed E-state index contributed by atoms with van der Waals surface area (Å²) in [7, 11) is 0. The third kappa shape index (κ3) is 3.96. The van der Waals surface area contributed by atoms with Crippen LogP contribution in [0.25, 0.3) is 0 Å². The lowest BCUT2D eigenvalue weighted by atomic mass is 9.85. The predicted octanol–water partition coefficient (Wildman–Crippen LogP) is 3.19. The van der Waals surface area contributed by atoms with E-state index in [0.717, 1.165) is 25.5 Å². The first-order valence-corrected chi connectivity index (χ1v) is 8.84. The lowest BCUT2D eigenvalue weighted by molar-refractivity contribution is -0.110. The average Bonchev–Trinajstić information content (AvgIpc) is 2.73. The number of ether oxygens (including phenoxy) is 1. The normalized spacial score (nSPS) is 31.9. The Kier molecular flexibility index (Phi) is 6.31. The van der Waals surface area contributed by atoms with E-state index >= 15 is 0 Å². The van der Waals surface area contributed by atoms with E-state index in [4.69, 9.17) is 4.74 Å². The van der Waals surface area contributed by atoms with Crippen molar-refractivity contribution in [2.24, 2.45) is 0 Å². The molecule has 0 spiro atoms. The van der Waals surface area contributed by atoms with Crippen LogP contribution < -0.4 is 5.32 Å². The molecule has 2 unspecified atom stereocenters. The number of hydrogen-bond acceptors (Lipinski definition) is 3. The molecule has 2 heterocycles. The number of nitrogens with one attached hydrogen (secondary N) is 1. The topological polar surface area (TPSA) is 24.5 Å². The zero-order valence-electron chi connectivity index (χ0n) is 13.8. The zero-order chi connectivity index (χ0) is 14.4. The molecule has 0 aromatic heterocycles. The van der Waals surface area contributed by atoms with E-state index in [2.05, 4.69) is 31.0 Å². The molecular formula is C17H34N2O. The minimum absolute atomic E-state index is 0.156. The standard InChI is InChI=1S/C17H34N2O/c1-4-8-15-14-19(11-7-10-18-15)16-9-12-20-17(5-2,6-3)13-16/h15-16,18H,4-14H2,1-3H3. The summed E-state index contributed by atoms with van der Waals surface area (Å²) in [6, 6.07) is 1.44. The van der Waals surface area contributed by atoms with E-state index < -0.39 is 0 Å². The van der Waals surface area contributed by atoms with E-state index in [-0.39, 0.29) is 5.60 Å². The van der Waals surface area contributed by atoms with Crippen LogP contribution >= 0.6 is 0 Å². The molecule has 2 aliphatic heterocycles. The summed E-state index contributed by atoms with van der Waals surface area (Å²) < 4.78 is 6.15. The Morgan fingerprint density at radius 2 is 2.05 bits per heavy atom. The third-order valence-electron chi connectivity index (χ3n) is 5.42. The molecule has 0 bridgehead atoms. The highest BCUT2D eigenvalue weighted by Crippen LogP contribution is 2.34. The van der Waals surface area contributed by atoms with Crippen LogP contribution in [0.3, 0.4) is 0 Å². The Morgan fingerprint density at radius 3 is 2.75 bits per heavy atom. The van der Waals surface area contributed by atoms with Crippen molar-refractivity contribution in [2.45, 2.75) is 83.4 Å². The van der Waals surface area contributed by atoms with E-state index in [1.807, 2.05) is 0 Å². The smallest absolute Gasteiger partial charge is 0.0692 e. The number of rotatable bonds is 5. The SMILES string of the molecule is CCCC1CN(C2CCOC(CC)(CC)C2)CCCN1. The molecule has 2 rings (SSSR count). The summed E-state index contributed by atoms with van der Waals surface area (Å²) in [6.07, 6.45) is 8.66. The molecule has 2 fully saturated rings. The first-order valence-electron chi connectivity index (χ1n) is 8.84. The van der Waals surface area contributed by atoms with Gasteiger partial charge in [-0.25, -0.2) is 0 Å². The van der Waals surface area contributed by atoms with E-state index in [0.29, 0.717) is 6.04 Å². The molecule has 0 saturated carbocycles. The van der Waals surface area contributed by atoms with Gasteiger partial charge >= 0.3 is 0 Å². The lowest BCUT2D eigenvalue weighted by Gasteiger charge is -2.44. The van der Waals surface area contributed by atoms with E-state index in [9.17, 15) is 0 Å². The van der Waals surface area contributed by atoms with Crippen LogP contribution in [0.15, 0.2) is 0 Å². The van der Waals surface area contributed by atoms with Gasteiger partial charge in [-0.15, -0.1) is 0 Å². The molecule has 2 aliphatic rings. The zero-order valence-corrected chi connectivity index (χ0v) is 13.8. The van der Waals surface area contributed by atoms with Gasteiger partial charge in [-0.2, -0.15) is 0 Å². The molecule has 1 N–H and O–H groups in total. The van der Waals surface area contributed by atoms with Crippen LogP contribution in [-0.4, -0.2) is 48.8 Å². The highest BCUT2D eigenvalue weighted by molar-refractivity contribution is 4.91. The van der Waals surface area contributed by atoms with E-state index in [1.54, 1.807) is 0 Å². The highest BCUT2D eigenvalue weighted by atomic mass is 16.5. The Bertz CT molecular complexity index is 278. The summed E-state index contributed by atoms with van der Waals surface area (Å²) in [5, 5.41) is 3.73. The van der Waals surface area contributed by atoms with Gasteiger partial charge < -0.3 is 10.1 Å². The summed E-state index contributed by atoms with van der Waals surface area (Å²) >= 11 is 0. The molecule has 20 heavy (non-hydrogen) atoms. The van der Waals surface area contributed by atoms with Crippen LogP contribution in [0.5, 0.6) is 0 Å². The van der Waals surface area contributed by atoms with Gasteiger partial charge in [0, 0.05) is 25.2 Å². The van der Waals surface area contributed by atoms with Gasteiger partial charge in [-0.1, -0.05) is 27.2 Å². The lowest BCUT2D eigenvalue weighted by Crippen LogP contribution is -2.50. The largest absolute Gasteiger partial charge is 0.375 e. The van der Waals surface area contributed by atoms with Crippen molar-refractivity contribution in [2.75, 3.05) is 26.2 Å². The monoisotopic (exact) mass is 282 g/mol. The summed E-state index contributed by atoms with van der Waals surface area (Å²) in [5.41, 5.74) is 0.156. The van der Waals surface area contributed by atoms with Crippen LogP contribution in [-0.2, 0) is 4.74 Å². The van der Waals surface area contributed by atoms with Crippen molar-refractivity contribution < 1.29 is 4.74 Å². The minimum Gasteiger partial charge on any atom is -0.375 e. The molecule has 2 saturated heterocycles. The summed E-state index contributed by atoms with van der Waals surface area (Å²) in [4.78, 5) is 2.77. The van der Waals surface area contributed by atoms with Gasteiger partial charge in [0.1, 0.15) is 0 Å². The van der Waals surface area contributed by atoms with Gasteiger partial charge in [0.2, 0.25) is 0 Å². The molecule has 0 radical (unpaired) electrons. The van der Waals surface area contributed by atoms with Gasteiger partial charge in [-0.3, -0.25) is 4.90 Å². The Balaban J connectivity index is 1.97. The number of hydrogen-bond donors (Lipinski definition) is 1. The third-order valence-corrected chi connectivity index (χ3v) is 5.42. The van der Waals surface area contributed by atoms with Gasteiger partial charge in [0.05, 0.1) is 5.60 Å². The molecule has 0 aromatic rings. The maximum Gasteiger partial charge on any atom is 0.0692 e. The van der Waals surface area contributed by atoms with Crippen LogP contribution in [0.2, 0.25) is 0 Å². The molecule has 0 aromatic carbocycles. The maximum absolute atomic E-state index is 6.15. The Hall–Kier alpha value is -0.120. The van der Waals surface area contributed by atoms with Crippen molar-refractivity contribution in [1.82, 2.24) is 10.2 Å². The summed E-state index contributed by atoms with van der Waals surface area (Å²) in [6.45, 7) is 11.5. The van der Waals surface area contributed by atoms with Gasteiger partial charge in [-0.05, 0) is 51.6 Å². The molecule has 3 heteroatoms. The van der Waals surface area contributed by atoms with Gasteiger partial charge in [0.15, 0.2) is 0 Å². The predicted molar refractivity (Wildman–Crippen MR) is 85.2 cm³/mol. The van der Waals surface area contributed by atoms with Gasteiger partial charge in [0.25, 0.3) is 0 Å². The van der Waals surface area contributed by atoms with Crippen molar-refractivity contribution in [3.05, 3.63) is 0 Å². The fourth-order valence-electron chi connectivity index (χ4n) is 3.96. The van der Waals surface area contributed by atoms with Crippen molar-refractivity contribution in [3.63, 3.8) is 0 Å². The van der Waals surface area contributed by atoms with Crippen molar-refractivity contribution in [1.29, 1.82) is 0 Å². The minimum atomic E-state index is 0.156. The fraction of sp³-hybridized carbons (Fsp3) is 1.00. The fourth-order valence-corrected chi connectivity index (χ4v) is 3.96. The van der Waals surface area contributed by atoms with Crippen LogP contribution in [0.1, 0.15) is 65.7 Å². The Morgan fingerprint density at radius 1 is 1.25 bits per heavy atom. The molecule has 0 amide bonds. The summed E-state index contributed by atoms with van der Waals surface area (Å²) in [5.74, 6) is 0. The van der Waals surface area contributed by atoms with Crippen molar-refractivity contribution >= 4 is 0 Å². The van der Waals surface area contributed by atoms with Crippen LogP contribution in [0.4, 0.5) is 0 Å². The second-order valence-electron chi connectivity index (χ2n) is 6.67. The second-order valence-corrected chi connectivity index (χ2v) is 6.67. The van der Waals surface area contributed by atoms with Crippen LogP contribution in [0, 0.1) is 0 Å². The molecular weight excluding hydrogens is 248 g/mol. The molecule has 0 aliphatic carbocycles. The quantitative estimate of drug-likeness (QED) is 0.838. The molecule has 2 atom stereocenters.